The molecule has 3 aromatic carbocycles. The molecule has 0 unspecified atom stereocenters. The van der Waals surface area contributed by atoms with E-state index in [4.69, 9.17) is 0 Å². The van der Waals surface area contributed by atoms with Crippen LogP contribution in [0.25, 0.3) is 10.2 Å². The second-order valence-electron chi connectivity index (χ2n) is 6.04. The van der Waals surface area contributed by atoms with Gasteiger partial charge >= 0.3 is 0 Å². The van der Waals surface area contributed by atoms with Crippen molar-refractivity contribution in [1.82, 2.24) is 4.98 Å². The van der Waals surface area contributed by atoms with Crippen molar-refractivity contribution >= 4 is 76.8 Å². The molecule has 0 bridgehead atoms. The molecular formula is C21H14Br2N2OS2. The summed E-state index contributed by atoms with van der Waals surface area (Å²) in [5.41, 5.74) is 3.60. The van der Waals surface area contributed by atoms with Gasteiger partial charge in [0.1, 0.15) is 0 Å². The van der Waals surface area contributed by atoms with Crippen LogP contribution in [0.3, 0.4) is 0 Å². The van der Waals surface area contributed by atoms with Crippen LogP contribution in [-0.4, -0.2) is 10.9 Å². The number of carbonyl (C=O) groups is 1. The maximum atomic E-state index is 12.4. The molecule has 0 aliphatic heterocycles. The zero-order chi connectivity index (χ0) is 19.5. The molecule has 0 aliphatic rings. The van der Waals surface area contributed by atoms with Crippen LogP contribution in [0.2, 0.25) is 0 Å². The molecular weight excluding hydrogens is 520 g/mol. The number of carbonyl (C=O) groups excluding carboxylic acids is 1. The standard InChI is InChI=1S/C21H14Br2N2OS2/c22-15-5-1-13(2-6-15)12-27-21-25-18-10-9-17(11-19(18)28-21)24-20(26)14-3-7-16(23)8-4-14/h1-11H,12H2,(H,24,26). The van der Waals surface area contributed by atoms with E-state index in [-0.39, 0.29) is 5.91 Å². The largest absolute Gasteiger partial charge is 0.322 e. The Balaban J connectivity index is 1.46. The number of hydrogen-bond acceptors (Lipinski definition) is 4. The van der Waals surface area contributed by atoms with Crippen molar-refractivity contribution < 1.29 is 4.79 Å². The number of rotatable bonds is 5. The Morgan fingerprint density at radius 1 is 0.964 bits per heavy atom. The monoisotopic (exact) mass is 532 g/mol. The fourth-order valence-corrected chi connectivity index (χ4v) is 5.17. The highest BCUT2D eigenvalue weighted by Crippen LogP contribution is 2.33. The van der Waals surface area contributed by atoms with Crippen molar-refractivity contribution in [3.8, 4) is 0 Å². The number of thioether (sulfide) groups is 1. The van der Waals surface area contributed by atoms with Crippen molar-refractivity contribution in [3.63, 3.8) is 0 Å². The van der Waals surface area contributed by atoms with E-state index in [1.54, 1.807) is 35.2 Å². The molecule has 0 saturated carbocycles. The first-order chi connectivity index (χ1) is 13.6. The summed E-state index contributed by atoms with van der Waals surface area (Å²) in [6, 6.07) is 21.4. The molecule has 0 saturated heterocycles. The van der Waals surface area contributed by atoms with Gasteiger partial charge in [0, 0.05) is 25.9 Å². The summed E-state index contributed by atoms with van der Waals surface area (Å²) in [4.78, 5) is 17.1. The van der Waals surface area contributed by atoms with Crippen LogP contribution < -0.4 is 5.32 Å². The second-order valence-corrected chi connectivity index (χ2v) is 10.1. The number of anilines is 1. The number of hydrogen-bond donors (Lipinski definition) is 1. The first kappa shape index (κ1) is 19.6. The Hall–Kier alpha value is -1.67. The lowest BCUT2D eigenvalue weighted by molar-refractivity contribution is 0.102. The van der Waals surface area contributed by atoms with E-state index < -0.39 is 0 Å². The van der Waals surface area contributed by atoms with Gasteiger partial charge in [0.25, 0.3) is 5.91 Å². The van der Waals surface area contributed by atoms with Crippen LogP contribution in [0.1, 0.15) is 15.9 Å². The molecule has 3 nitrogen and oxygen atoms in total. The number of nitrogens with zero attached hydrogens (tertiary/aromatic N) is 1. The normalized spacial score (nSPS) is 10.9. The van der Waals surface area contributed by atoms with Crippen LogP contribution in [0, 0.1) is 0 Å². The molecule has 0 fully saturated rings. The average Bonchev–Trinajstić information content (AvgIpc) is 3.10. The summed E-state index contributed by atoms with van der Waals surface area (Å²) in [7, 11) is 0. The molecule has 4 rings (SSSR count). The summed E-state index contributed by atoms with van der Waals surface area (Å²) in [5.74, 6) is 0.751. The van der Waals surface area contributed by atoms with Gasteiger partial charge in [0.05, 0.1) is 10.2 Å². The lowest BCUT2D eigenvalue weighted by Gasteiger charge is -2.05. The van der Waals surface area contributed by atoms with Gasteiger partial charge in [-0.25, -0.2) is 4.98 Å². The second kappa shape index (κ2) is 8.78. The van der Waals surface area contributed by atoms with Crippen LogP contribution >= 0.6 is 55.0 Å². The molecule has 7 heteroatoms. The summed E-state index contributed by atoms with van der Waals surface area (Å²) in [5, 5.41) is 2.96. The summed E-state index contributed by atoms with van der Waals surface area (Å²) < 4.78 is 4.11. The lowest BCUT2D eigenvalue weighted by atomic mass is 10.2. The highest BCUT2D eigenvalue weighted by Gasteiger charge is 2.09. The molecule has 0 spiro atoms. The van der Waals surface area contributed by atoms with Crippen molar-refractivity contribution in [2.75, 3.05) is 5.32 Å². The number of halogens is 2. The third-order valence-electron chi connectivity index (χ3n) is 4.01. The van der Waals surface area contributed by atoms with Crippen LogP contribution in [0.5, 0.6) is 0 Å². The topological polar surface area (TPSA) is 42.0 Å². The minimum atomic E-state index is -0.124. The molecule has 140 valence electrons. The highest BCUT2D eigenvalue weighted by atomic mass is 79.9. The molecule has 0 aliphatic carbocycles. The van der Waals surface area contributed by atoms with Crippen molar-refractivity contribution in [2.45, 2.75) is 10.1 Å². The zero-order valence-corrected chi connectivity index (χ0v) is 19.3. The van der Waals surface area contributed by atoms with Gasteiger partial charge in [-0.2, -0.15) is 0 Å². The maximum Gasteiger partial charge on any atom is 0.255 e. The Morgan fingerprint density at radius 2 is 1.64 bits per heavy atom. The molecule has 4 aromatic rings. The molecule has 0 atom stereocenters. The van der Waals surface area contributed by atoms with Crippen LogP contribution in [-0.2, 0) is 5.75 Å². The van der Waals surface area contributed by atoms with Gasteiger partial charge < -0.3 is 5.32 Å². The maximum absolute atomic E-state index is 12.4. The molecule has 0 radical (unpaired) electrons. The van der Waals surface area contributed by atoms with E-state index in [0.29, 0.717) is 5.56 Å². The van der Waals surface area contributed by atoms with E-state index in [1.165, 1.54) is 5.56 Å². The molecule has 1 aromatic heterocycles. The fourth-order valence-electron chi connectivity index (χ4n) is 2.57. The van der Waals surface area contributed by atoms with E-state index in [9.17, 15) is 4.79 Å². The van der Waals surface area contributed by atoms with Crippen molar-refractivity contribution in [1.29, 1.82) is 0 Å². The molecule has 1 amide bonds. The minimum Gasteiger partial charge on any atom is -0.322 e. The van der Waals surface area contributed by atoms with Gasteiger partial charge in [0.15, 0.2) is 4.34 Å². The van der Waals surface area contributed by atoms with Gasteiger partial charge in [-0.1, -0.05) is 55.8 Å². The molecule has 1 N–H and O–H groups in total. The summed E-state index contributed by atoms with van der Waals surface area (Å²) in [6.07, 6.45) is 0. The van der Waals surface area contributed by atoms with Crippen LogP contribution in [0.15, 0.2) is 80.0 Å². The predicted octanol–water partition coefficient (Wildman–Crippen LogP) is 7.37. The molecule has 1 heterocycles. The van der Waals surface area contributed by atoms with E-state index in [2.05, 4.69) is 66.4 Å². The van der Waals surface area contributed by atoms with Gasteiger partial charge in [-0.3, -0.25) is 4.79 Å². The fraction of sp³-hybridized carbons (Fsp3) is 0.0476. The third kappa shape index (κ3) is 4.84. The zero-order valence-electron chi connectivity index (χ0n) is 14.5. The van der Waals surface area contributed by atoms with E-state index in [1.807, 2.05) is 30.3 Å². The Bertz CT molecular complexity index is 1130. The van der Waals surface area contributed by atoms with Crippen LogP contribution in [0.4, 0.5) is 5.69 Å². The smallest absolute Gasteiger partial charge is 0.255 e. The number of benzene rings is 3. The predicted molar refractivity (Wildman–Crippen MR) is 125 cm³/mol. The summed E-state index contributed by atoms with van der Waals surface area (Å²) in [6.45, 7) is 0. The van der Waals surface area contributed by atoms with Crippen molar-refractivity contribution in [3.05, 3.63) is 86.8 Å². The average molecular weight is 534 g/mol. The third-order valence-corrected chi connectivity index (χ3v) is 7.30. The van der Waals surface area contributed by atoms with E-state index in [0.717, 1.165) is 34.9 Å². The van der Waals surface area contributed by atoms with Gasteiger partial charge in [-0.15, -0.1) is 11.3 Å². The highest BCUT2D eigenvalue weighted by molar-refractivity contribution is 9.10. The Kier molecular flexibility index (Phi) is 6.16. The Labute approximate surface area is 187 Å². The quantitative estimate of drug-likeness (QED) is 0.272. The number of nitrogens with one attached hydrogen (secondary N) is 1. The first-order valence-electron chi connectivity index (χ1n) is 8.41. The van der Waals surface area contributed by atoms with Gasteiger partial charge in [-0.05, 0) is 60.2 Å². The SMILES string of the molecule is O=C(Nc1ccc2nc(SCc3ccc(Br)cc3)sc2c1)c1ccc(Br)cc1. The number of fused-ring (bicyclic) bond motifs is 1. The van der Waals surface area contributed by atoms with E-state index >= 15 is 0 Å². The number of amides is 1. The number of thiazole rings is 1. The first-order valence-corrected chi connectivity index (χ1v) is 11.8. The summed E-state index contributed by atoms with van der Waals surface area (Å²) >= 11 is 10.2. The number of aromatic nitrogens is 1. The van der Waals surface area contributed by atoms with Gasteiger partial charge in [0.2, 0.25) is 0 Å². The minimum absolute atomic E-state index is 0.124. The molecule has 28 heavy (non-hydrogen) atoms. The lowest BCUT2D eigenvalue weighted by Crippen LogP contribution is -2.11. The van der Waals surface area contributed by atoms with Crippen molar-refractivity contribution in [2.24, 2.45) is 0 Å². The Morgan fingerprint density at radius 3 is 2.36 bits per heavy atom.